The number of carbonyl (C=O) groups excluding carboxylic acids is 2. The van der Waals surface area contributed by atoms with Gasteiger partial charge in [0.2, 0.25) is 6.29 Å². The van der Waals surface area contributed by atoms with Crippen molar-refractivity contribution in [3.05, 3.63) is 24.3 Å². The van der Waals surface area contributed by atoms with Crippen LogP contribution in [0.15, 0.2) is 24.3 Å². The van der Waals surface area contributed by atoms with Crippen LogP contribution in [0, 0.1) is 0 Å². The van der Waals surface area contributed by atoms with E-state index >= 15 is 0 Å². The van der Waals surface area contributed by atoms with Crippen molar-refractivity contribution in [2.75, 3.05) is 6.61 Å². The molecule has 1 N–H and O–H groups in total. The summed E-state index contributed by atoms with van der Waals surface area (Å²) in [5.74, 6) is -0.769. The molecule has 5 nitrogen and oxygen atoms in total. The number of rotatable bonds is 33. The van der Waals surface area contributed by atoms with E-state index in [2.05, 4.69) is 38.2 Å². The minimum atomic E-state index is -1.38. The third kappa shape index (κ3) is 34.7. The minimum absolute atomic E-state index is 0.288. The van der Waals surface area contributed by atoms with Crippen molar-refractivity contribution in [3.63, 3.8) is 0 Å². The van der Waals surface area contributed by atoms with Gasteiger partial charge in [-0.15, -0.1) is 0 Å². The zero-order valence-electron chi connectivity index (χ0n) is 28.5. The molecule has 0 aliphatic heterocycles. The molecular formula is C38H70O5. The van der Waals surface area contributed by atoms with Crippen LogP contribution < -0.4 is 0 Å². The Morgan fingerprint density at radius 2 is 0.814 bits per heavy atom. The number of allylic oxidation sites excluding steroid dienone is 4. The molecule has 0 saturated heterocycles. The molecule has 0 heterocycles. The van der Waals surface area contributed by atoms with Crippen molar-refractivity contribution in [1.29, 1.82) is 0 Å². The predicted octanol–water partition coefficient (Wildman–Crippen LogP) is 11.5. The summed E-state index contributed by atoms with van der Waals surface area (Å²) in [7, 11) is 0. The first-order valence-electron chi connectivity index (χ1n) is 18.4. The average molecular weight is 607 g/mol. The van der Waals surface area contributed by atoms with E-state index in [1.807, 2.05) is 0 Å². The quantitative estimate of drug-likeness (QED) is 0.0348. The monoisotopic (exact) mass is 607 g/mol. The predicted molar refractivity (Wildman–Crippen MR) is 182 cm³/mol. The molecule has 0 aromatic heterocycles. The molecule has 0 aromatic carbocycles. The van der Waals surface area contributed by atoms with Gasteiger partial charge in [0.15, 0.2) is 6.61 Å². The number of hydrogen-bond donors (Lipinski definition) is 1. The molecule has 43 heavy (non-hydrogen) atoms. The van der Waals surface area contributed by atoms with Gasteiger partial charge in [0.1, 0.15) is 0 Å². The maximum Gasteiger partial charge on any atom is 0.308 e. The van der Waals surface area contributed by atoms with Crippen LogP contribution >= 0.6 is 0 Å². The molecule has 5 heteroatoms. The molecule has 0 rings (SSSR count). The van der Waals surface area contributed by atoms with E-state index in [1.165, 1.54) is 128 Å². The van der Waals surface area contributed by atoms with E-state index in [9.17, 15) is 14.7 Å². The first kappa shape index (κ1) is 41.4. The van der Waals surface area contributed by atoms with Gasteiger partial charge in [-0.1, -0.05) is 141 Å². The summed E-state index contributed by atoms with van der Waals surface area (Å²) in [6.07, 6.45) is 40.0. The topological polar surface area (TPSA) is 72.8 Å². The molecule has 0 radical (unpaired) electrons. The van der Waals surface area contributed by atoms with Crippen LogP contribution in [0.25, 0.3) is 0 Å². The van der Waals surface area contributed by atoms with Crippen LogP contribution in [0.4, 0.5) is 0 Å². The highest BCUT2D eigenvalue weighted by Gasteiger charge is 2.13. The first-order chi connectivity index (χ1) is 21.1. The van der Waals surface area contributed by atoms with Crippen molar-refractivity contribution in [2.24, 2.45) is 0 Å². The Kier molecular flexibility index (Phi) is 33.6. The number of hydrogen-bond acceptors (Lipinski definition) is 5. The summed E-state index contributed by atoms with van der Waals surface area (Å²) >= 11 is 0. The molecule has 0 fully saturated rings. The Balaban J connectivity index is 3.46. The third-order valence-corrected chi connectivity index (χ3v) is 7.94. The van der Waals surface area contributed by atoms with Gasteiger partial charge >= 0.3 is 11.9 Å². The zero-order valence-corrected chi connectivity index (χ0v) is 28.5. The standard InChI is InChI=1S/C38H70O5/c1-3-5-7-9-11-13-15-17-19-21-23-25-27-29-31-33-36(39)42-35-38(41)43-37(40)34-32-30-28-26-24-22-20-18-16-14-12-10-8-6-4-2/h15-18,38,41H,3-14,19-35H2,1-2H3/b17-15-,18-16-. The lowest BCUT2D eigenvalue weighted by atomic mass is 10.1. The lowest BCUT2D eigenvalue weighted by Crippen LogP contribution is -2.24. The summed E-state index contributed by atoms with van der Waals surface area (Å²) in [5, 5.41) is 9.87. The van der Waals surface area contributed by atoms with Gasteiger partial charge in [-0.2, -0.15) is 0 Å². The van der Waals surface area contributed by atoms with E-state index in [-0.39, 0.29) is 12.6 Å². The lowest BCUT2D eigenvalue weighted by molar-refractivity contribution is -0.182. The molecule has 0 amide bonds. The molecule has 0 spiro atoms. The van der Waals surface area contributed by atoms with Crippen LogP contribution in [-0.4, -0.2) is 29.9 Å². The Hall–Kier alpha value is -1.62. The van der Waals surface area contributed by atoms with Crippen molar-refractivity contribution in [2.45, 2.75) is 200 Å². The zero-order chi connectivity index (χ0) is 31.5. The molecule has 1 unspecified atom stereocenters. The van der Waals surface area contributed by atoms with Gasteiger partial charge in [-0.25, -0.2) is 0 Å². The van der Waals surface area contributed by atoms with Crippen LogP contribution in [0.1, 0.15) is 194 Å². The van der Waals surface area contributed by atoms with Crippen LogP contribution in [-0.2, 0) is 19.1 Å². The highest BCUT2D eigenvalue weighted by Crippen LogP contribution is 2.12. The van der Waals surface area contributed by atoms with Gasteiger partial charge in [0, 0.05) is 12.8 Å². The number of carbonyl (C=O) groups is 2. The Labute approximate surface area is 266 Å². The number of aliphatic hydroxyl groups is 1. The fourth-order valence-electron chi connectivity index (χ4n) is 5.16. The summed E-state index contributed by atoms with van der Waals surface area (Å²) in [6, 6.07) is 0. The SMILES string of the molecule is CCCCCCC/C=C\CCCCCCCCC(=O)OCC(O)OC(=O)CCCCCCCC/C=C\CCCCCCC. The summed E-state index contributed by atoms with van der Waals surface area (Å²) < 4.78 is 10.1. The number of ether oxygens (including phenoxy) is 2. The van der Waals surface area contributed by atoms with Crippen molar-refractivity contribution < 1.29 is 24.2 Å². The van der Waals surface area contributed by atoms with Crippen molar-refractivity contribution in [1.82, 2.24) is 0 Å². The lowest BCUT2D eigenvalue weighted by Gasteiger charge is -2.12. The van der Waals surface area contributed by atoms with E-state index in [0.29, 0.717) is 12.8 Å². The first-order valence-corrected chi connectivity index (χ1v) is 18.4. The second kappa shape index (κ2) is 34.9. The van der Waals surface area contributed by atoms with Crippen molar-refractivity contribution in [3.8, 4) is 0 Å². The fraction of sp³-hybridized carbons (Fsp3) is 0.842. The Morgan fingerprint density at radius 3 is 1.21 bits per heavy atom. The largest absolute Gasteiger partial charge is 0.459 e. The molecule has 0 aliphatic rings. The summed E-state index contributed by atoms with van der Waals surface area (Å²) in [6.45, 7) is 4.22. The second-order valence-electron chi connectivity index (χ2n) is 12.3. The van der Waals surface area contributed by atoms with Gasteiger partial charge in [-0.3, -0.25) is 9.59 Å². The van der Waals surface area contributed by atoms with Crippen LogP contribution in [0.3, 0.4) is 0 Å². The summed E-state index contributed by atoms with van der Waals surface area (Å²) in [4.78, 5) is 23.8. The molecular weight excluding hydrogens is 536 g/mol. The number of esters is 2. The molecule has 252 valence electrons. The minimum Gasteiger partial charge on any atom is -0.459 e. The molecule has 0 saturated carbocycles. The van der Waals surface area contributed by atoms with Gasteiger partial charge in [0.25, 0.3) is 0 Å². The van der Waals surface area contributed by atoms with E-state index < -0.39 is 12.3 Å². The van der Waals surface area contributed by atoms with Gasteiger partial charge in [0.05, 0.1) is 0 Å². The van der Waals surface area contributed by atoms with Crippen molar-refractivity contribution >= 4 is 11.9 Å². The summed E-state index contributed by atoms with van der Waals surface area (Å²) in [5.41, 5.74) is 0. The maximum absolute atomic E-state index is 11.9. The van der Waals surface area contributed by atoms with E-state index in [4.69, 9.17) is 9.47 Å². The smallest absolute Gasteiger partial charge is 0.308 e. The maximum atomic E-state index is 11.9. The average Bonchev–Trinajstić information content (AvgIpc) is 3.00. The van der Waals surface area contributed by atoms with E-state index in [0.717, 1.165) is 38.5 Å². The molecule has 0 aromatic rings. The third-order valence-electron chi connectivity index (χ3n) is 7.94. The molecule has 0 bridgehead atoms. The number of aliphatic hydroxyl groups excluding tert-OH is 1. The highest BCUT2D eigenvalue weighted by atomic mass is 16.7. The van der Waals surface area contributed by atoms with Gasteiger partial charge < -0.3 is 14.6 Å². The normalized spacial score (nSPS) is 12.3. The van der Waals surface area contributed by atoms with Crippen LogP contribution in [0.5, 0.6) is 0 Å². The van der Waals surface area contributed by atoms with Gasteiger partial charge in [-0.05, 0) is 64.2 Å². The molecule has 0 aliphatic carbocycles. The fourth-order valence-corrected chi connectivity index (χ4v) is 5.16. The Bertz CT molecular complexity index is 657. The molecule has 1 atom stereocenters. The second-order valence-corrected chi connectivity index (χ2v) is 12.3. The highest BCUT2D eigenvalue weighted by molar-refractivity contribution is 5.70. The number of unbranched alkanes of at least 4 members (excludes halogenated alkanes) is 22. The van der Waals surface area contributed by atoms with E-state index in [1.54, 1.807) is 0 Å². The van der Waals surface area contributed by atoms with Crippen LogP contribution in [0.2, 0.25) is 0 Å². The Morgan fingerprint density at radius 1 is 0.488 bits per heavy atom.